The molecule has 2 rings (SSSR count). The van der Waals surface area contributed by atoms with Crippen LogP contribution in [-0.2, 0) is 27.3 Å². The molecule has 8 nitrogen and oxygen atoms in total. The van der Waals surface area contributed by atoms with Crippen molar-refractivity contribution in [1.29, 1.82) is 0 Å². The fraction of sp³-hybridized carbons (Fsp3) is 0.316. The Balaban J connectivity index is 1.72. The summed E-state index contributed by atoms with van der Waals surface area (Å²) in [7, 11) is 1.78. The van der Waals surface area contributed by atoms with Crippen molar-refractivity contribution in [3.05, 3.63) is 59.8 Å². The number of anilines is 1. The van der Waals surface area contributed by atoms with Gasteiger partial charge in [-0.15, -0.1) is 0 Å². The average molecular weight is 372 g/mol. The lowest BCUT2D eigenvalue weighted by Crippen LogP contribution is -2.47. The van der Waals surface area contributed by atoms with E-state index in [4.69, 9.17) is 15.2 Å². The number of aromatic nitrogens is 1. The highest BCUT2D eigenvalue weighted by molar-refractivity contribution is 5.84. The number of ether oxygens (including phenoxy) is 2. The number of benzene rings is 1. The van der Waals surface area contributed by atoms with E-state index in [9.17, 15) is 9.59 Å². The lowest BCUT2D eigenvalue weighted by atomic mass is 10.2. The van der Waals surface area contributed by atoms with Crippen molar-refractivity contribution in [1.82, 2.24) is 10.3 Å². The summed E-state index contributed by atoms with van der Waals surface area (Å²) >= 11 is 0. The number of nitrogens with zero attached hydrogens (tertiary/aromatic N) is 1. The van der Waals surface area contributed by atoms with Crippen molar-refractivity contribution < 1.29 is 19.1 Å². The minimum atomic E-state index is -0.966. The topological polar surface area (TPSA) is 116 Å². The van der Waals surface area contributed by atoms with Gasteiger partial charge in [0.2, 0.25) is 5.91 Å². The van der Waals surface area contributed by atoms with Crippen molar-refractivity contribution >= 4 is 17.8 Å². The van der Waals surface area contributed by atoms with Gasteiger partial charge in [-0.3, -0.25) is 4.79 Å². The number of primary amides is 1. The van der Waals surface area contributed by atoms with Crippen LogP contribution in [0.2, 0.25) is 0 Å². The van der Waals surface area contributed by atoms with Crippen LogP contribution in [0.3, 0.4) is 0 Å². The number of pyridine rings is 1. The van der Waals surface area contributed by atoms with Gasteiger partial charge in [-0.2, -0.15) is 0 Å². The molecule has 0 radical (unpaired) electrons. The minimum absolute atomic E-state index is 0.0366. The number of carbonyl (C=O) groups is 2. The molecule has 0 aliphatic carbocycles. The summed E-state index contributed by atoms with van der Waals surface area (Å²) in [5, 5.41) is 5.36. The molecule has 1 aromatic heterocycles. The molecule has 0 aliphatic rings. The quantitative estimate of drug-likeness (QED) is 0.582. The third kappa shape index (κ3) is 7.33. The number of hydrogen-bond donors (Lipinski definition) is 3. The molecule has 144 valence electrons. The van der Waals surface area contributed by atoms with Crippen molar-refractivity contribution in [2.75, 3.05) is 25.6 Å². The van der Waals surface area contributed by atoms with Gasteiger partial charge in [0, 0.05) is 19.2 Å². The number of amides is 2. The molecule has 0 saturated carbocycles. The van der Waals surface area contributed by atoms with E-state index in [1.54, 1.807) is 7.05 Å². The van der Waals surface area contributed by atoms with E-state index in [2.05, 4.69) is 15.6 Å². The maximum atomic E-state index is 11.9. The Hall–Kier alpha value is -3.13. The molecule has 0 spiro atoms. The summed E-state index contributed by atoms with van der Waals surface area (Å²) in [6, 6.07) is 14.1. The van der Waals surface area contributed by atoms with Gasteiger partial charge in [0.15, 0.2) is 0 Å². The zero-order valence-corrected chi connectivity index (χ0v) is 15.2. The average Bonchev–Trinajstić information content (AvgIpc) is 2.68. The van der Waals surface area contributed by atoms with Crippen LogP contribution >= 0.6 is 0 Å². The van der Waals surface area contributed by atoms with Crippen LogP contribution < -0.4 is 16.4 Å². The first kappa shape index (κ1) is 20.2. The van der Waals surface area contributed by atoms with Gasteiger partial charge in [-0.05, 0) is 17.7 Å². The molecular weight excluding hydrogens is 348 g/mol. The van der Waals surface area contributed by atoms with Crippen LogP contribution in [0.1, 0.15) is 11.3 Å². The molecular formula is C19H24N4O4. The van der Waals surface area contributed by atoms with E-state index in [0.717, 1.165) is 17.1 Å². The van der Waals surface area contributed by atoms with Gasteiger partial charge in [0.1, 0.15) is 11.9 Å². The van der Waals surface area contributed by atoms with Gasteiger partial charge in [0.05, 0.1) is 19.8 Å². The monoisotopic (exact) mass is 372 g/mol. The second-order valence-electron chi connectivity index (χ2n) is 5.75. The Bertz CT molecular complexity index is 739. The summed E-state index contributed by atoms with van der Waals surface area (Å²) in [6.45, 7) is 0.405. The summed E-state index contributed by atoms with van der Waals surface area (Å²) in [5.74, 6) is 0.0460. The normalized spacial score (nSPS) is 11.4. The molecule has 2 amide bonds. The number of hydrogen-bond acceptors (Lipinski definition) is 6. The van der Waals surface area contributed by atoms with Gasteiger partial charge < -0.3 is 25.8 Å². The third-order valence-electron chi connectivity index (χ3n) is 3.69. The molecule has 1 atom stereocenters. The SMILES string of the molecule is CNc1cccc(CCOC(=O)NC(COCc2ccccc2)C(N)=O)n1. The number of carbonyl (C=O) groups excluding carboxylic acids is 2. The Morgan fingerprint density at radius 2 is 1.93 bits per heavy atom. The molecule has 0 saturated heterocycles. The van der Waals surface area contributed by atoms with Crippen LogP contribution in [0, 0.1) is 0 Å². The third-order valence-corrected chi connectivity index (χ3v) is 3.69. The first-order valence-electron chi connectivity index (χ1n) is 8.56. The first-order valence-corrected chi connectivity index (χ1v) is 8.56. The largest absolute Gasteiger partial charge is 0.449 e. The van der Waals surface area contributed by atoms with Crippen LogP contribution in [0.25, 0.3) is 0 Å². The Morgan fingerprint density at radius 3 is 2.63 bits per heavy atom. The molecule has 1 aromatic carbocycles. The van der Waals surface area contributed by atoms with E-state index in [-0.39, 0.29) is 13.2 Å². The van der Waals surface area contributed by atoms with Crippen molar-refractivity contribution in [2.24, 2.45) is 5.73 Å². The van der Waals surface area contributed by atoms with Crippen molar-refractivity contribution in [3.63, 3.8) is 0 Å². The van der Waals surface area contributed by atoms with Crippen molar-refractivity contribution in [3.8, 4) is 0 Å². The lowest BCUT2D eigenvalue weighted by molar-refractivity contribution is -0.121. The number of nitrogens with one attached hydrogen (secondary N) is 2. The summed E-state index contributed by atoms with van der Waals surface area (Å²) in [4.78, 5) is 27.7. The molecule has 0 aliphatic heterocycles. The van der Waals surface area contributed by atoms with Crippen LogP contribution in [0.4, 0.5) is 10.6 Å². The van der Waals surface area contributed by atoms with E-state index in [0.29, 0.717) is 13.0 Å². The number of alkyl carbamates (subject to hydrolysis) is 1. The Morgan fingerprint density at radius 1 is 1.15 bits per heavy atom. The molecule has 0 fully saturated rings. The van der Waals surface area contributed by atoms with E-state index < -0.39 is 18.0 Å². The molecule has 0 bridgehead atoms. The Labute approximate surface area is 158 Å². The van der Waals surface area contributed by atoms with Crippen LogP contribution in [0.15, 0.2) is 48.5 Å². The fourth-order valence-electron chi connectivity index (χ4n) is 2.25. The summed E-state index contributed by atoms with van der Waals surface area (Å²) in [6.07, 6.45) is -0.277. The molecule has 4 N–H and O–H groups in total. The molecule has 1 heterocycles. The Kier molecular flexibility index (Phi) is 8.05. The second kappa shape index (κ2) is 10.8. The van der Waals surface area contributed by atoms with E-state index in [1.165, 1.54) is 0 Å². The highest BCUT2D eigenvalue weighted by Crippen LogP contribution is 2.05. The molecule has 1 unspecified atom stereocenters. The highest BCUT2D eigenvalue weighted by Gasteiger charge is 2.19. The molecule has 2 aromatic rings. The van der Waals surface area contributed by atoms with E-state index >= 15 is 0 Å². The first-order chi connectivity index (χ1) is 13.1. The zero-order chi connectivity index (χ0) is 19.5. The fourth-order valence-corrected chi connectivity index (χ4v) is 2.25. The van der Waals surface area contributed by atoms with Gasteiger partial charge >= 0.3 is 6.09 Å². The predicted octanol–water partition coefficient (Wildman–Crippen LogP) is 1.46. The molecule has 27 heavy (non-hydrogen) atoms. The number of nitrogens with two attached hydrogens (primary N) is 1. The van der Waals surface area contributed by atoms with Gasteiger partial charge in [-0.25, -0.2) is 9.78 Å². The lowest BCUT2D eigenvalue weighted by Gasteiger charge is -2.15. The summed E-state index contributed by atoms with van der Waals surface area (Å²) < 4.78 is 10.5. The number of rotatable bonds is 10. The predicted molar refractivity (Wildman–Crippen MR) is 101 cm³/mol. The smallest absolute Gasteiger partial charge is 0.407 e. The maximum absolute atomic E-state index is 11.9. The van der Waals surface area contributed by atoms with Crippen LogP contribution in [0.5, 0.6) is 0 Å². The van der Waals surface area contributed by atoms with Crippen LogP contribution in [-0.4, -0.2) is 43.3 Å². The second-order valence-corrected chi connectivity index (χ2v) is 5.75. The van der Waals surface area contributed by atoms with Gasteiger partial charge in [-0.1, -0.05) is 36.4 Å². The van der Waals surface area contributed by atoms with Gasteiger partial charge in [0.25, 0.3) is 0 Å². The highest BCUT2D eigenvalue weighted by atomic mass is 16.5. The summed E-state index contributed by atoms with van der Waals surface area (Å²) in [5.41, 5.74) is 7.05. The van der Waals surface area contributed by atoms with Crippen molar-refractivity contribution in [2.45, 2.75) is 19.1 Å². The zero-order valence-electron chi connectivity index (χ0n) is 15.2. The minimum Gasteiger partial charge on any atom is -0.449 e. The standard InChI is InChI=1S/C19H24N4O4/c1-21-17-9-5-8-15(22-17)10-11-27-19(25)23-16(18(20)24)13-26-12-14-6-3-2-4-7-14/h2-9,16H,10-13H2,1H3,(H2,20,24)(H,21,22)(H,23,25). The molecule has 8 heteroatoms. The maximum Gasteiger partial charge on any atom is 0.407 e. The van der Waals surface area contributed by atoms with E-state index in [1.807, 2.05) is 48.5 Å².